The molecule has 1 saturated heterocycles. The lowest BCUT2D eigenvalue weighted by molar-refractivity contribution is -0.139. The largest absolute Gasteiger partial charge is 0.344 e. The van der Waals surface area contributed by atoms with Gasteiger partial charge in [-0.2, -0.15) is 0 Å². The van der Waals surface area contributed by atoms with Crippen LogP contribution in [-0.2, 0) is 4.79 Å². The quantitative estimate of drug-likeness (QED) is 0.787. The molecule has 0 aromatic carbocycles. The minimum atomic E-state index is -0.528. The van der Waals surface area contributed by atoms with E-state index in [9.17, 15) is 4.79 Å². The number of hydrogen-bond acceptors (Lipinski definition) is 3. The third-order valence-corrected chi connectivity index (χ3v) is 4.39. The van der Waals surface area contributed by atoms with Crippen molar-refractivity contribution in [2.24, 2.45) is 11.7 Å². The SMILES string of the molecule is CN1CCC(CN(C)C(=O)C2(N)CCC2)CC1. The maximum Gasteiger partial charge on any atom is 0.242 e. The number of likely N-dealkylation sites (tertiary alicyclic amines) is 1. The highest BCUT2D eigenvalue weighted by atomic mass is 16.2. The van der Waals surface area contributed by atoms with Gasteiger partial charge in [-0.25, -0.2) is 0 Å². The number of nitrogens with zero attached hydrogens (tertiary/aromatic N) is 2. The highest BCUT2D eigenvalue weighted by Gasteiger charge is 2.42. The van der Waals surface area contributed by atoms with Crippen LogP contribution in [0, 0.1) is 5.92 Å². The first-order chi connectivity index (χ1) is 8.01. The van der Waals surface area contributed by atoms with Gasteiger partial charge in [0.1, 0.15) is 0 Å². The Kier molecular flexibility index (Phi) is 3.73. The average Bonchev–Trinajstić information content (AvgIpc) is 2.28. The molecule has 2 aliphatic rings. The summed E-state index contributed by atoms with van der Waals surface area (Å²) in [4.78, 5) is 16.4. The fourth-order valence-electron chi connectivity index (χ4n) is 2.87. The Morgan fingerprint density at radius 2 is 2.00 bits per heavy atom. The number of nitrogens with two attached hydrogens (primary N) is 1. The first kappa shape index (κ1) is 12.8. The van der Waals surface area contributed by atoms with E-state index >= 15 is 0 Å². The second-order valence-corrected chi connectivity index (χ2v) is 5.94. The standard InChI is InChI=1S/C13H25N3O/c1-15-8-4-11(5-9-15)10-16(2)12(17)13(14)6-3-7-13/h11H,3-10,14H2,1-2H3. The van der Waals surface area contributed by atoms with E-state index in [0.29, 0.717) is 5.92 Å². The average molecular weight is 239 g/mol. The molecule has 4 nitrogen and oxygen atoms in total. The second kappa shape index (κ2) is 4.94. The van der Waals surface area contributed by atoms with Gasteiger partial charge >= 0.3 is 0 Å². The molecule has 1 heterocycles. The number of carbonyl (C=O) groups is 1. The summed E-state index contributed by atoms with van der Waals surface area (Å²) in [6, 6.07) is 0. The molecule has 0 aromatic rings. The van der Waals surface area contributed by atoms with Gasteiger partial charge < -0.3 is 15.5 Å². The van der Waals surface area contributed by atoms with Crippen molar-refractivity contribution in [3.8, 4) is 0 Å². The van der Waals surface area contributed by atoms with Crippen LogP contribution in [0.4, 0.5) is 0 Å². The van der Waals surface area contributed by atoms with Crippen molar-refractivity contribution in [2.45, 2.75) is 37.6 Å². The highest BCUT2D eigenvalue weighted by molar-refractivity contribution is 5.86. The van der Waals surface area contributed by atoms with Crippen molar-refractivity contribution in [2.75, 3.05) is 33.7 Å². The monoisotopic (exact) mass is 239 g/mol. The summed E-state index contributed by atoms with van der Waals surface area (Å²) in [7, 11) is 4.07. The summed E-state index contributed by atoms with van der Waals surface area (Å²) in [6.45, 7) is 3.19. The molecule has 1 aliphatic carbocycles. The van der Waals surface area contributed by atoms with Crippen LogP contribution < -0.4 is 5.73 Å². The van der Waals surface area contributed by atoms with Crippen molar-refractivity contribution < 1.29 is 4.79 Å². The molecule has 0 atom stereocenters. The molecule has 0 spiro atoms. The molecule has 1 amide bonds. The summed E-state index contributed by atoms with van der Waals surface area (Å²) in [5.74, 6) is 0.812. The zero-order valence-corrected chi connectivity index (χ0v) is 11.1. The van der Waals surface area contributed by atoms with Crippen molar-refractivity contribution >= 4 is 5.91 Å². The molecule has 17 heavy (non-hydrogen) atoms. The van der Waals surface area contributed by atoms with E-state index in [0.717, 1.165) is 38.9 Å². The van der Waals surface area contributed by atoms with E-state index in [1.54, 1.807) is 0 Å². The van der Waals surface area contributed by atoms with E-state index in [2.05, 4.69) is 11.9 Å². The van der Waals surface area contributed by atoms with Crippen LogP contribution in [0.3, 0.4) is 0 Å². The molecule has 0 radical (unpaired) electrons. The van der Waals surface area contributed by atoms with Gasteiger partial charge in [0.05, 0.1) is 5.54 Å². The fourth-order valence-corrected chi connectivity index (χ4v) is 2.87. The number of likely N-dealkylation sites (N-methyl/N-ethyl adjacent to an activating group) is 1. The Morgan fingerprint density at radius 3 is 2.47 bits per heavy atom. The molecule has 2 rings (SSSR count). The van der Waals surface area contributed by atoms with Gasteiger partial charge in [0, 0.05) is 13.6 Å². The molecular weight excluding hydrogens is 214 g/mol. The van der Waals surface area contributed by atoms with Gasteiger partial charge in [0.25, 0.3) is 0 Å². The Balaban J connectivity index is 1.80. The number of carbonyl (C=O) groups excluding carboxylic acids is 1. The van der Waals surface area contributed by atoms with Crippen molar-refractivity contribution in [1.29, 1.82) is 0 Å². The van der Waals surface area contributed by atoms with Crippen molar-refractivity contribution in [3.63, 3.8) is 0 Å². The molecular formula is C13H25N3O. The molecule has 98 valence electrons. The summed E-state index contributed by atoms with van der Waals surface area (Å²) in [5, 5.41) is 0. The summed E-state index contributed by atoms with van der Waals surface area (Å²) in [5.41, 5.74) is 5.55. The van der Waals surface area contributed by atoms with E-state index in [1.165, 1.54) is 12.8 Å². The minimum Gasteiger partial charge on any atom is -0.344 e. The third-order valence-electron chi connectivity index (χ3n) is 4.39. The van der Waals surface area contributed by atoms with Crippen molar-refractivity contribution in [3.05, 3.63) is 0 Å². The smallest absolute Gasteiger partial charge is 0.242 e. The van der Waals surface area contributed by atoms with Gasteiger partial charge in [-0.05, 0) is 58.2 Å². The topological polar surface area (TPSA) is 49.6 Å². The molecule has 0 aromatic heterocycles. The predicted molar refractivity (Wildman–Crippen MR) is 68.6 cm³/mol. The molecule has 2 fully saturated rings. The Hall–Kier alpha value is -0.610. The fraction of sp³-hybridized carbons (Fsp3) is 0.923. The number of amides is 1. The predicted octanol–water partition coefficient (Wildman–Crippen LogP) is 0.668. The van der Waals surface area contributed by atoms with Crippen LogP contribution in [0.2, 0.25) is 0 Å². The first-order valence-corrected chi connectivity index (χ1v) is 6.74. The number of rotatable bonds is 3. The Bertz CT molecular complexity index is 280. The summed E-state index contributed by atoms with van der Waals surface area (Å²) in [6.07, 6.45) is 5.23. The van der Waals surface area contributed by atoms with Gasteiger partial charge in [-0.15, -0.1) is 0 Å². The van der Waals surface area contributed by atoms with E-state index in [-0.39, 0.29) is 5.91 Å². The molecule has 0 bridgehead atoms. The Morgan fingerprint density at radius 1 is 1.41 bits per heavy atom. The van der Waals surface area contributed by atoms with Gasteiger partial charge in [-0.1, -0.05) is 0 Å². The molecule has 0 unspecified atom stereocenters. The van der Waals surface area contributed by atoms with E-state index in [4.69, 9.17) is 5.73 Å². The highest BCUT2D eigenvalue weighted by Crippen LogP contribution is 2.31. The molecule has 1 saturated carbocycles. The first-order valence-electron chi connectivity index (χ1n) is 6.74. The summed E-state index contributed by atoms with van der Waals surface area (Å²) < 4.78 is 0. The molecule has 2 N–H and O–H groups in total. The van der Waals surface area contributed by atoms with Crippen LogP contribution in [0.5, 0.6) is 0 Å². The summed E-state index contributed by atoms with van der Waals surface area (Å²) >= 11 is 0. The van der Waals surface area contributed by atoms with E-state index in [1.807, 2.05) is 11.9 Å². The van der Waals surface area contributed by atoms with Gasteiger partial charge in [-0.3, -0.25) is 4.79 Å². The van der Waals surface area contributed by atoms with Gasteiger partial charge in [0.15, 0.2) is 0 Å². The second-order valence-electron chi connectivity index (χ2n) is 5.94. The van der Waals surface area contributed by atoms with Crippen LogP contribution in [0.1, 0.15) is 32.1 Å². The third kappa shape index (κ3) is 2.80. The van der Waals surface area contributed by atoms with E-state index < -0.39 is 5.54 Å². The van der Waals surface area contributed by atoms with Crippen LogP contribution >= 0.6 is 0 Å². The van der Waals surface area contributed by atoms with Crippen molar-refractivity contribution in [1.82, 2.24) is 9.80 Å². The zero-order valence-electron chi connectivity index (χ0n) is 11.1. The van der Waals surface area contributed by atoms with Gasteiger partial charge in [0.2, 0.25) is 5.91 Å². The van der Waals surface area contributed by atoms with Crippen LogP contribution in [-0.4, -0.2) is 55.0 Å². The normalized spacial score (nSPS) is 25.4. The van der Waals surface area contributed by atoms with Crippen LogP contribution in [0.25, 0.3) is 0 Å². The lowest BCUT2D eigenvalue weighted by Crippen LogP contribution is -2.59. The lowest BCUT2D eigenvalue weighted by atomic mass is 9.76. The molecule has 4 heteroatoms. The number of piperidine rings is 1. The maximum absolute atomic E-state index is 12.2. The molecule has 1 aliphatic heterocycles. The lowest BCUT2D eigenvalue weighted by Gasteiger charge is -2.40. The van der Waals surface area contributed by atoms with Crippen LogP contribution in [0.15, 0.2) is 0 Å². The zero-order chi connectivity index (χ0) is 12.5. The number of hydrogen-bond donors (Lipinski definition) is 1. The Labute approximate surface area is 104 Å². The minimum absolute atomic E-state index is 0.155. The maximum atomic E-state index is 12.2.